The molecule has 3 aromatic rings. The van der Waals surface area contributed by atoms with Crippen molar-refractivity contribution in [1.29, 1.82) is 0 Å². The largest absolute Gasteiger partial charge is 0.496 e. The number of ether oxygens (including phenoxy) is 1. The Hall–Kier alpha value is -3.10. The van der Waals surface area contributed by atoms with Crippen molar-refractivity contribution in [2.45, 2.75) is 32.1 Å². The normalized spacial score (nSPS) is 18.8. The van der Waals surface area contributed by atoms with Crippen molar-refractivity contribution in [3.8, 4) is 5.75 Å². The number of hydrogen-bond acceptors (Lipinski definition) is 5. The van der Waals surface area contributed by atoms with E-state index in [1.807, 2.05) is 6.92 Å². The van der Waals surface area contributed by atoms with E-state index >= 15 is 0 Å². The second kappa shape index (κ2) is 7.06. The summed E-state index contributed by atoms with van der Waals surface area (Å²) in [6.45, 7) is 3.14. The number of fused-ring (bicyclic) bond motifs is 1. The Labute approximate surface area is 166 Å². The molecule has 1 aliphatic heterocycles. The minimum absolute atomic E-state index is 0.165. The average Bonchev–Trinajstić information content (AvgIpc) is 3.13. The Kier molecular flexibility index (Phi) is 4.68. The van der Waals surface area contributed by atoms with Crippen molar-refractivity contribution in [3.63, 3.8) is 0 Å². The van der Waals surface area contributed by atoms with Crippen LogP contribution in [-0.4, -0.2) is 56.5 Å². The van der Waals surface area contributed by atoms with Gasteiger partial charge >= 0.3 is 0 Å². The van der Waals surface area contributed by atoms with E-state index in [4.69, 9.17) is 4.74 Å². The molecule has 2 aromatic heterocycles. The molecule has 1 amide bonds. The lowest BCUT2D eigenvalue weighted by atomic mass is 9.91. The number of halogens is 2. The highest BCUT2D eigenvalue weighted by molar-refractivity contribution is 5.94. The van der Waals surface area contributed by atoms with Crippen molar-refractivity contribution >= 4 is 11.7 Å². The first-order valence-electron chi connectivity index (χ1n) is 9.26. The number of likely N-dealkylation sites (tertiary alicyclic amines) is 1. The first-order valence-corrected chi connectivity index (χ1v) is 9.26. The van der Waals surface area contributed by atoms with E-state index in [1.54, 1.807) is 38.3 Å². The molecule has 29 heavy (non-hydrogen) atoms. The van der Waals surface area contributed by atoms with E-state index in [0.717, 1.165) is 5.56 Å². The fraction of sp³-hybridized carbons (Fsp3) is 0.400. The number of methoxy groups -OCH3 is 1. The zero-order valence-electron chi connectivity index (χ0n) is 16.4. The van der Waals surface area contributed by atoms with E-state index < -0.39 is 24.3 Å². The summed E-state index contributed by atoms with van der Waals surface area (Å²) in [6, 6.07) is 6.67. The smallest absolute Gasteiger partial charge is 0.266 e. The average molecular weight is 401 g/mol. The van der Waals surface area contributed by atoms with Crippen LogP contribution in [0, 0.1) is 13.8 Å². The Bertz CT molecular complexity index is 1080. The van der Waals surface area contributed by atoms with Crippen molar-refractivity contribution < 1.29 is 18.3 Å². The summed E-state index contributed by atoms with van der Waals surface area (Å²) >= 11 is 0. The van der Waals surface area contributed by atoms with E-state index in [2.05, 4.69) is 15.1 Å². The lowest BCUT2D eigenvalue weighted by Crippen LogP contribution is -2.49. The quantitative estimate of drug-likeness (QED) is 0.675. The fourth-order valence-corrected chi connectivity index (χ4v) is 3.90. The molecule has 1 fully saturated rings. The maximum absolute atomic E-state index is 14.6. The number of rotatable bonds is 3. The number of nitrogens with zero attached hydrogens (tertiary/aromatic N) is 5. The molecule has 4 rings (SSSR count). The van der Waals surface area contributed by atoms with Gasteiger partial charge in [-0.1, -0.05) is 0 Å². The first kappa shape index (κ1) is 19.2. The van der Waals surface area contributed by atoms with Gasteiger partial charge in [-0.3, -0.25) is 4.79 Å². The highest BCUT2D eigenvalue weighted by Crippen LogP contribution is 2.37. The molecule has 0 radical (unpaired) electrons. The number of aromatic nitrogens is 4. The molecule has 0 N–H and O–H groups in total. The van der Waals surface area contributed by atoms with E-state index in [9.17, 15) is 13.6 Å². The number of benzene rings is 1. The van der Waals surface area contributed by atoms with Gasteiger partial charge in [-0.25, -0.2) is 18.3 Å². The van der Waals surface area contributed by atoms with Crippen LogP contribution in [0.25, 0.3) is 5.78 Å². The highest BCUT2D eigenvalue weighted by Gasteiger charge is 2.43. The molecule has 0 saturated carbocycles. The van der Waals surface area contributed by atoms with E-state index in [1.165, 1.54) is 15.7 Å². The third-order valence-corrected chi connectivity index (χ3v) is 5.16. The molecular formula is C20H21F2N5O2. The SMILES string of the molecule is COc1ccc(C(=O)N2CC(c3cc(C)nc4ncnn34)CC(F)(F)C2)cc1C. The van der Waals surface area contributed by atoms with Crippen molar-refractivity contribution in [1.82, 2.24) is 24.5 Å². The predicted molar refractivity (Wildman–Crippen MR) is 101 cm³/mol. The molecule has 1 atom stereocenters. The summed E-state index contributed by atoms with van der Waals surface area (Å²) in [5, 5.41) is 4.12. The minimum Gasteiger partial charge on any atom is -0.496 e. The summed E-state index contributed by atoms with van der Waals surface area (Å²) in [5.74, 6) is -3.03. The second-order valence-electron chi connectivity index (χ2n) is 7.42. The molecule has 1 aliphatic rings. The lowest BCUT2D eigenvalue weighted by Gasteiger charge is -2.37. The second-order valence-corrected chi connectivity index (χ2v) is 7.42. The van der Waals surface area contributed by atoms with Gasteiger partial charge in [0.25, 0.3) is 17.6 Å². The molecule has 3 heterocycles. The van der Waals surface area contributed by atoms with Crippen LogP contribution in [-0.2, 0) is 0 Å². The molecule has 1 unspecified atom stereocenters. The fourth-order valence-electron chi connectivity index (χ4n) is 3.90. The van der Waals surface area contributed by atoms with Crippen LogP contribution in [0.15, 0.2) is 30.6 Å². The zero-order chi connectivity index (χ0) is 20.8. The van der Waals surface area contributed by atoms with Crippen LogP contribution >= 0.6 is 0 Å². The lowest BCUT2D eigenvalue weighted by molar-refractivity contribution is -0.0641. The number of alkyl halides is 2. The molecule has 0 spiro atoms. The van der Waals surface area contributed by atoms with Gasteiger partial charge in [-0.05, 0) is 43.7 Å². The van der Waals surface area contributed by atoms with Gasteiger partial charge in [-0.2, -0.15) is 10.1 Å². The molecule has 0 bridgehead atoms. The summed E-state index contributed by atoms with van der Waals surface area (Å²) in [7, 11) is 1.54. The zero-order valence-corrected chi connectivity index (χ0v) is 16.4. The molecule has 1 saturated heterocycles. The number of carbonyl (C=O) groups excluding carboxylic acids is 1. The number of aryl methyl sites for hydroxylation is 2. The van der Waals surface area contributed by atoms with E-state index in [-0.39, 0.29) is 13.0 Å². The standard InChI is InChI=1S/C20H21F2N5O2/c1-12-6-14(4-5-17(12)29-3)18(28)26-9-15(8-20(21,22)10-26)16-7-13(2)25-19-23-11-24-27(16)19/h4-7,11,15H,8-10H2,1-3H3. The number of carbonyl (C=O) groups is 1. The number of piperidine rings is 1. The first-order chi connectivity index (χ1) is 13.8. The molecule has 9 heteroatoms. The van der Waals surface area contributed by atoms with Crippen LogP contribution in [0.2, 0.25) is 0 Å². The highest BCUT2D eigenvalue weighted by atomic mass is 19.3. The van der Waals surface area contributed by atoms with Gasteiger partial charge < -0.3 is 9.64 Å². The monoisotopic (exact) mass is 401 g/mol. The van der Waals surface area contributed by atoms with Crippen LogP contribution in [0.4, 0.5) is 8.78 Å². The summed E-state index contributed by atoms with van der Waals surface area (Å²) in [4.78, 5) is 22.5. The van der Waals surface area contributed by atoms with Crippen LogP contribution in [0.5, 0.6) is 5.75 Å². The molecule has 1 aromatic carbocycles. The van der Waals surface area contributed by atoms with Crippen molar-refractivity contribution in [2.75, 3.05) is 20.2 Å². The predicted octanol–water partition coefficient (Wildman–Crippen LogP) is 3.01. The topological polar surface area (TPSA) is 72.6 Å². The van der Waals surface area contributed by atoms with Gasteiger partial charge in [0.05, 0.1) is 19.3 Å². The van der Waals surface area contributed by atoms with Gasteiger partial charge in [0.1, 0.15) is 12.1 Å². The summed E-state index contributed by atoms with van der Waals surface area (Å²) in [6.07, 6.45) is 0.978. The molecule has 152 valence electrons. The van der Waals surface area contributed by atoms with Gasteiger partial charge in [0, 0.05) is 30.1 Å². The van der Waals surface area contributed by atoms with Crippen molar-refractivity contribution in [3.05, 3.63) is 53.1 Å². The van der Waals surface area contributed by atoms with Crippen LogP contribution in [0.1, 0.15) is 39.6 Å². The van der Waals surface area contributed by atoms with Gasteiger partial charge in [-0.15, -0.1) is 0 Å². The Morgan fingerprint density at radius 3 is 2.79 bits per heavy atom. The van der Waals surface area contributed by atoms with E-state index in [0.29, 0.717) is 28.5 Å². The van der Waals surface area contributed by atoms with Gasteiger partial charge in [0.15, 0.2) is 0 Å². The maximum Gasteiger partial charge on any atom is 0.266 e. The van der Waals surface area contributed by atoms with Crippen LogP contribution < -0.4 is 4.74 Å². The third-order valence-electron chi connectivity index (χ3n) is 5.16. The summed E-state index contributed by atoms with van der Waals surface area (Å²) < 4.78 is 35.9. The molecular weight excluding hydrogens is 380 g/mol. The minimum atomic E-state index is -3.01. The Balaban J connectivity index is 1.68. The number of amides is 1. The Morgan fingerprint density at radius 1 is 1.28 bits per heavy atom. The van der Waals surface area contributed by atoms with Crippen molar-refractivity contribution in [2.24, 2.45) is 0 Å². The third kappa shape index (κ3) is 3.64. The maximum atomic E-state index is 14.6. The van der Waals surface area contributed by atoms with Gasteiger partial charge in [0.2, 0.25) is 0 Å². The molecule has 0 aliphatic carbocycles. The van der Waals surface area contributed by atoms with Crippen LogP contribution in [0.3, 0.4) is 0 Å². The molecule has 7 nitrogen and oxygen atoms in total. The number of hydrogen-bond donors (Lipinski definition) is 0. The Morgan fingerprint density at radius 2 is 2.07 bits per heavy atom. The summed E-state index contributed by atoms with van der Waals surface area (Å²) in [5.41, 5.74) is 2.37.